The molecule has 19 heavy (non-hydrogen) atoms. The molecule has 1 aliphatic carbocycles. The molecule has 0 aromatic heterocycles. The minimum absolute atomic E-state index is 0.779. The highest BCUT2D eigenvalue weighted by Crippen LogP contribution is 2.28. The lowest BCUT2D eigenvalue weighted by molar-refractivity contribution is -0.131. The summed E-state index contributed by atoms with van der Waals surface area (Å²) in [5.74, 6) is -0.130. The van der Waals surface area contributed by atoms with Crippen molar-refractivity contribution >= 4 is 17.7 Å². The van der Waals surface area contributed by atoms with Crippen LogP contribution in [-0.4, -0.2) is 24.7 Å². The van der Waals surface area contributed by atoms with Crippen molar-refractivity contribution in [3.05, 3.63) is 35.9 Å². The summed E-state index contributed by atoms with van der Waals surface area (Å²) in [6.07, 6.45) is 8.19. The molecule has 0 unspecified atom stereocenters. The van der Waals surface area contributed by atoms with Gasteiger partial charge >= 0.3 is 5.97 Å². The topological polar surface area (TPSA) is 40.5 Å². The molecule has 0 saturated heterocycles. The molecule has 1 aromatic carbocycles. The summed E-state index contributed by atoms with van der Waals surface area (Å²) in [5, 5.41) is 8.73. The highest BCUT2D eigenvalue weighted by molar-refractivity contribution is 5.86. The SMILES string of the molecule is CN(CC1CCCC1)c1ccccc1C=CC(=O)O. The van der Waals surface area contributed by atoms with Gasteiger partial charge in [-0.25, -0.2) is 4.79 Å². The van der Waals surface area contributed by atoms with E-state index in [1.165, 1.54) is 31.8 Å². The van der Waals surface area contributed by atoms with E-state index in [9.17, 15) is 4.79 Å². The van der Waals surface area contributed by atoms with E-state index in [0.717, 1.165) is 23.7 Å². The number of para-hydroxylation sites is 1. The van der Waals surface area contributed by atoms with Gasteiger partial charge in [-0.05, 0) is 36.5 Å². The molecule has 0 spiro atoms. The zero-order valence-electron chi connectivity index (χ0n) is 11.4. The maximum atomic E-state index is 10.6. The van der Waals surface area contributed by atoms with Crippen molar-refractivity contribution in [1.82, 2.24) is 0 Å². The molecule has 0 aliphatic heterocycles. The van der Waals surface area contributed by atoms with E-state index in [-0.39, 0.29) is 0 Å². The number of hydrogen-bond acceptors (Lipinski definition) is 2. The van der Waals surface area contributed by atoms with Gasteiger partial charge in [0.1, 0.15) is 0 Å². The first-order valence-corrected chi connectivity index (χ1v) is 6.88. The van der Waals surface area contributed by atoms with Crippen molar-refractivity contribution in [2.45, 2.75) is 25.7 Å². The summed E-state index contributed by atoms with van der Waals surface area (Å²) in [6, 6.07) is 7.95. The number of nitrogens with zero attached hydrogens (tertiary/aromatic N) is 1. The van der Waals surface area contributed by atoms with Crippen LogP contribution in [0.15, 0.2) is 30.3 Å². The van der Waals surface area contributed by atoms with E-state index in [0.29, 0.717) is 0 Å². The zero-order chi connectivity index (χ0) is 13.7. The van der Waals surface area contributed by atoms with Crippen molar-refractivity contribution in [2.75, 3.05) is 18.5 Å². The Morgan fingerprint density at radius 3 is 2.74 bits per heavy atom. The normalized spacial score (nSPS) is 16.1. The van der Waals surface area contributed by atoms with Crippen LogP contribution in [0.4, 0.5) is 5.69 Å². The standard InChI is InChI=1S/C16H21NO2/c1-17(12-13-6-2-3-7-13)15-9-5-4-8-14(15)10-11-16(18)19/h4-5,8-11,13H,2-3,6-7,12H2,1H3,(H,18,19). The second-order valence-electron chi connectivity index (χ2n) is 5.26. The fourth-order valence-electron chi connectivity index (χ4n) is 2.82. The average molecular weight is 259 g/mol. The number of anilines is 1. The van der Waals surface area contributed by atoms with Gasteiger partial charge in [0.15, 0.2) is 0 Å². The molecule has 3 heteroatoms. The Bertz CT molecular complexity index is 462. The van der Waals surface area contributed by atoms with Gasteiger partial charge in [-0.15, -0.1) is 0 Å². The largest absolute Gasteiger partial charge is 0.478 e. The molecule has 0 bridgehead atoms. The highest BCUT2D eigenvalue weighted by atomic mass is 16.4. The molecule has 2 rings (SSSR count). The molecule has 0 radical (unpaired) electrons. The Balaban J connectivity index is 2.11. The van der Waals surface area contributed by atoms with Crippen LogP contribution in [-0.2, 0) is 4.79 Å². The van der Waals surface area contributed by atoms with E-state index < -0.39 is 5.97 Å². The molecule has 1 aliphatic rings. The van der Waals surface area contributed by atoms with Gasteiger partial charge < -0.3 is 10.0 Å². The van der Waals surface area contributed by atoms with E-state index >= 15 is 0 Å². The van der Waals surface area contributed by atoms with Gasteiger partial charge in [-0.2, -0.15) is 0 Å². The van der Waals surface area contributed by atoms with Gasteiger partial charge in [0, 0.05) is 25.4 Å². The molecular weight excluding hydrogens is 238 g/mol. The monoisotopic (exact) mass is 259 g/mol. The summed E-state index contributed by atoms with van der Waals surface area (Å²) >= 11 is 0. The lowest BCUT2D eigenvalue weighted by atomic mass is 10.1. The van der Waals surface area contributed by atoms with E-state index in [1.807, 2.05) is 18.2 Å². The summed E-state index contributed by atoms with van der Waals surface area (Å²) in [5.41, 5.74) is 2.07. The Labute approximate surface area is 114 Å². The Kier molecular flexibility index (Phi) is 4.61. The van der Waals surface area contributed by atoms with Crippen LogP contribution >= 0.6 is 0 Å². The van der Waals surface area contributed by atoms with E-state index in [4.69, 9.17) is 5.11 Å². The Hall–Kier alpha value is -1.77. The third-order valence-corrected chi connectivity index (χ3v) is 3.76. The van der Waals surface area contributed by atoms with Crippen LogP contribution < -0.4 is 4.90 Å². The lowest BCUT2D eigenvalue weighted by Gasteiger charge is -2.24. The molecule has 0 atom stereocenters. The van der Waals surface area contributed by atoms with Crippen LogP contribution in [0.2, 0.25) is 0 Å². The summed E-state index contributed by atoms with van der Waals surface area (Å²) in [6.45, 7) is 1.05. The first-order valence-electron chi connectivity index (χ1n) is 6.88. The van der Waals surface area contributed by atoms with Crippen molar-refractivity contribution in [1.29, 1.82) is 0 Å². The van der Waals surface area contributed by atoms with Gasteiger partial charge in [0.05, 0.1) is 0 Å². The fraction of sp³-hybridized carbons (Fsp3) is 0.438. The van der Waals surface area contributed by atoms with Crippen LogP contribution in [0, 0.1) is 5.92 Å². The van der Waals surface area contributed by atoms with Gasteiger partial charge in [-0.1, -0.05) is 31.0 Å². The fourth-order valence-corrected chi connectivity index (χ4v) is 2.82. The maximum absolute atomic E-state index is 10.6. The van der Waals surface area contributed by atoms with Crippen molar-refractivity contribution < 1.29 is 9.90 Å². The molecule has 102 valence electrons. The van der Waals surface area contributed by atoms with Gasteiger partial charge in [0.25, 0.3) is 0 Å². The molecule has 1 fully saturated rings. The molecular formula is C16H21NO2. The summed E-state index contributed by atoms with van der Waals surface area (Å²) in [7, 11) is 2.09. The van der Waals surface area contributed by atoms with Gasteiger partial charge in [-0.3, -0.25) is 0 Å². The van der Waals surface area contributed by atoms with Crippen LogP contribution in [0.5, 0.6) is 0 Å². The van der Waals surface area contributed by atoms with Crippen LogP contribution in [0.3, 0.4) is 0 Å². The quantitative estimate of drug-likeness (QED) is 0.824. The number of benzene rings is 1. The lowest BCUT2D eigenvalue weighted by Crippen LogP contribution is -2.24. The minimum atomic E-state index is -0.909. The molecule has 1 N–H and O–H groups in total. The second kappa shape index (κ2) is 6.41. The highest BCUT2D eigenvalue weighted by Gasteiger charge is 2.17. The van der Waals surface area contributed by atoms with E-state index in [2.05, 4.69) is 18.0 Å². The van der Waals surface area contributed by atoms with Crippen molar-refractivity contribution in [2.24, 2.45) is 5.92 Å². The number of hydrogen-bond donors (Lipinski definition) is 1. The number of rotatable bonds is 5. The van der Waals surface area contributed by atoms with Crippen molar-refractivity contribution in [3.63, 3.8) is 0 Å². The first kappa shape index (κ1) is 13.7. The van der Waals surface area contributed by atoms with Crippen LogP contribution in [0.1, 0.15) is 31.2 Å². The summed E-state index contributed by atoms with van der Waals surface area (Å²) in [4.78, 5) is 12.9. The second-order valence-corrected chi connectivity index (χ2v) is 5.26. The molecule has 3 nitrogen and oxygen atoms in total. The number of carboxylic acids is 1. The molecule has 1 aromatic rings. The maximum Gasteiger partial charge on any atom is 0.328 e. The number of carboxylic acid groups (broad SMARTS) is 1. The zero-order valence-corrected chi connectivity index (χ0v) is 11.4. The third-order valence-electron chi connectivity index (χ3n) is 3.76. The van der Waals surface area contributed by atoms with Crippen molar-refractivity contribution in [3.8, 4) is 0 Å². The molecule has 1 saturated carbocycles. The number of aliphatic carboxylic acids is 1. The average Bonchev–Trinajstić information content (AvgIpc) is 2.89. The predicted octanol–water partition coefficient (Wildman–Crippen LogP) is 3.41. The van der Waals surface area contributed by atoms with E-state index in [1.54, 1.807) is 6.08 Å². The Morgan fingerprint density at radius 1 is 1.37 bits per heavy atom. The van der Waals surface area contributed by atoms with Crippen LogP contribution in [0.25, 0.3) is 6.08 Å². The minimum Gasteiger partial charge on any atom is -0.478 e. The smallest absolute Gasteiger partial charge is 0.328 e. The first-order chi connectivity index (χ1) is 9.16. The third kappa shape index (κ3) is 3.85. The van der Waals surface area contributed by atoms with Gasteiger partial charge in [0.2, 0.25) is 0 Å². The predicted molar refractivity (Wildman–Crippen MR) is 78.3 cm³/mol. The number of carbonyl (C=O) groups is 1. The summed E-state index contributed by atoms with van der Waals surface area (Å²) < 4.78 is 0. The Morgan fingerprint density at radius 2 is 2.05 bits per heavy atom. The molecule has 0 heterocycles. The molecule has 0 amide bonds.